The lowest BCUT2D eigenvalue weighted by atomic mass is 9.66. The smallest absolute Gasteiger partial charge is 0.247 e. The number of aliphatic hydroxyl groups is 1. The normalized spacial score (nSPS) is 22.1. The minimum Gasteiger partial charge on any atom is -0.508 e. The number of rotatable bonds is 10. The zero-order valence-electron chi connectivity index (χ0n) is 22.0. The quantitative estimate of drug-likeness (QED) is 0.359. The summed E-state index contributed by atoms with van der Waals surface area (Å²) in [5, 5.41) is 23.4. The van der Waals surface area contributed by atoms with E-state index in [1.165, 1.54) is 25.7 Å². The van der Waals surface area contributed by atoms with Crippen LogP contribution in [-0.4, -0.2) is 34.4 Å². The van der Waals surface area contributed by atoms with E-state index in [1.807, 2.05) is 19.1 Å². The first-order valence-corrected chi connectivity index (χ1v) is 13.2. The van der Waals surface area contributed by atoms with E-state index in [0.717, 1.165) is 35.3 Å². The number of amides is 1. The molecule has 0 saturated carbocycles. The van der Waals surface area contributed by atoms with Gasteiger partial charge in [0.1, 0.15) is 17.1 Å². The number of carbonyl (C=O) groups excluding carboxylic acids is 1. The van der Waals surface area contributed by atoms with Crippen LogP contribution in [0.1, 0.15) is 110 Å². The van der Waals surface area contributed by atoms with Crippen LogP contribution < -0.4 is 10.1 Å². The molecule has 0 radical (unpaired) electrons. The standard InChI is InChI=1S/C29H45NO4/c1-7-8-9-10-14-28(3,4)21-17-24(32)26-22-16-20(27(33)30-19(2)13-15-31)11-12-23(22)29(5,6)34-25(26)18-21/h11,17-19,22-23,31-32H,7-10,12-16H2,1-6H3,(H,30,33)/t19?,22-,23-/m1/s1. The Labute approximate surface area is 206 Å². The average molecular weight is 472 g/mol. The highest BCUT2D eigenvalue weighted by Crippen LogP contribution is 2.55. The fraction of sp³-hybridized carbons (Fsp3) is 0.690. The third-order valence-electron chi connectivity index (χ3n) is 7.97. The summed E-state index contributed by atoms with van der Waals surface area (Å²) in [6, 6.07) is 3.98. The third-order valence-corrected chi connectivity index (χ3v) is 7.97. The Balaban J connectivity index is 1.88. The number of hydrogen-bond donors (Lipinski definition) is 3. The second-order valence-corrected chi connectivity index (χ2v) is 11.6. The van der Waals surface area contributed by atoms with Gasteiger partial charge in [-0.2, -0.15) is 0 Å². The number of aromatic hydroxyl groups is 1. The third kappa shape index (κ3) is 5.79. The van der Waals surface area contributed by atoms with Gasteiger partial charge >= 0.3 is 0 Å². The van der Waals surface area contributed by atoms with Crippen LogP contribution in [0.4, 0.5) is 0 Å². The van der Waals surface area contributed by atoms with Gasteiger partial charge in [-0.05, 0) is 69.6 Å². The van der Waals surface area contributed by atoms with E-state index >= 15 is 0 Å². The SMILES string of the molecule is CCCCCCC(C)(C)c1cc(O)c2c(c1)OC(C)(C)[C@@H]1CC=C(C(=O)NC(C)CCO)C[C@@H]21. The van der Waals surface area contributed by atoms with Crippen molar-refractivity contribution in [1.29, 1.82) is 0 Å². The molecule has 1 aliphatic heterocycles. The number of carbonyl (C=O) groups is 1. The number of nitrogens with one attached hydrogen (secondary N) is 1. The van der Waals surface area contributed by atoms with E-state index in [0.29, 0.717) is 12.8 Å². The maximum Gasteiger partial charge on any atom is 0.247 e. The molecule has 190 valence electrons. The van der Waals surface area contributed by atoms with Gasteiger partial charge in [0.15, 0.2) is 0 Å². The van der Waals surface area contributed by atoms with Crippen molar-refractivity contribution in [3.8, 4) is 11.5 Å². The van der Waals surface area contributed by atoms with Gasteiger partial charge in [0.2, 0.25) is 5.91 Å². The molecule has 34 heavy (non-hydrogen) atoms. The van der Waals surface area contributed by atoms with Gasteiger partial charge in [-0.3, -0.25) is 4.79 Å². The molecular weight excluding hydrogens is 426 g/mol. The number of allylic oxidation sites excluding steroid dienone is 1. The monoisotopic (exact) mass is 471 g/mol. The first-order valence-electron chi connectivity index (χ1n) is 13.2. The number of unbranched alkanes of at least 4 members (excludes halogenated alkanes) is 3. The summed E-state index contributed by atoms with van der Waals surface area (Å²) in [6.45, 7) is 12.9. The first kappa shape index (κ1) is 26.6. The lowest BCUT2D eigenvalue weighted by Gasteiger charge is -2.47. The van der Waals surface area contributed by atoms with Crippen LogP contribution in [0, 0.1) is 5.92 Å². The molecule has 0 saturated heterocycles. The molecule has 1 aromatic rings. The maximum absolute atomic E-state index is 12.9. The lowest BCUT2D eigenvalue weighted by molar-refractivity contribution is -0.118. The van der Waals surface area contributed by atoms with Crippen LogP contribution >= 0.6 is 0 Å². The topological polar surface area (TPSA) is 78.8 Å². The van der Waals surface area contributed by atoms with E-state index in [9.17, 15) is 9.90 Å². The van der Waals surface area contributed by atoms with Crippen LogP contribution in [0.15, 0.2) is 23.8 Å². The molecule has 0 spiro atoms. The molecular formula is C29H45NO4. The van der Waals surface area contributed by atoms with Crippen molar-refractivity contribution in [1.82, 2.24) is 5.32 Å². The lowest BCUT2D eigenvalue weighted by Crippen LogP contribution is -2.46. The van der Waals surface area contributed by atoms with Crippen LogP contribution in [0.25, 0.3) is 0 Å². The molecule has 0 bridgehead atoms. The van der Waals surface area contributed by atoms with Gasteiger partial charge in [-0.1, -0.05) is 52.5 Å². The van der Waals surface area contributed by atoms with E-state index in [1.54, 1.807) is 0 Å². The summed E-state index contributed by atoms with van der Waals surface area (Å²) < 4.78 is 6.52. The molecule has 3 N–H and O–H groups in total. The number of benzene rings is 1. The zero-order chi connectivity index (χ0) is 25.1. The van der Waals surface area contributed by atoms with E-state index in [4.69, 9.17) is 9.84 Å². The molecule has 1 aromatic carbocycles. The largest absolute Gasteiger partial charge is 0.508 e. The summed E-state index contributed by atoms with van der Waals surface area (Å²) >= 11 is 0. The number of phenols is 1. The fourth-order valence-electron chi connectivity index (χ4n) is 5.69. The second kappa shape index (κ2) is 10.7. The van der Waals surface area contributed by atoms with Gasteiger partial charge in [0, 0.05) is 35.6 Å². The minimum atomic E-state index is -0.392. The van der Waals surface area contributed by atoms with Gasteiger partial charge in [-0.15, -0.1) is 0 Å². The Bertz CT molecular complexity index is 902. The number of phenolic OH excluding ortho intramolecular Hbond substituents is 1. The van der Waals surface area contributed by atoms with Crippen molar-refractivity contribution in [3.05, 3.63) is 34.9 Å². The molecule has 1 unspecified atom stereocenters. The van der Waals surface area contributed by atoms with Gasteiger partial charge in [0.05, 0.1) is 0 Å². The predicted octanol–water partition coefficient (Wildman–Crippen LogP) is 6.12. The highest BCUT2D eigenvalue weighted by Gasteiger charge is 2.47. The molecule has 5 heteroatoms. The maximum atomic E-state index is 12.9. The number of hydrogen-bond acceptors (Lipinski definition) is 4. The highest BCUT2D eigenvalue weighted by atomic mass is 16.5. The average Bonchev–Trinajstić information content (AvgIpc) is 2.75. The fourth-order valence-corrected chi connectivity index (χ4v) is 5.69. The zero-order valence-corrected chi connectivity index (χ0v) is 22.0. The van der Waals surface area contributed by atoms with Crippen LogP contribution in [0.2, 0.25) is 0 Å². The summed E-state index contributed by atoms with van der Waals surface area (Å²) in [7, 11) is 0. The molecule has 2 aliphatic rings. The van der Waals surface area contributed by atoms with Gasteiger partial charge in [-0.25, -0.2) is 0 Å². The van der Waals surface area contributed by atoms with Crippen LogP contribution in [0.5, 0.6) is 11.5 Å². The molecule has 1 aliphatic carbocycles. The number of ether oxygens (including phenoxy) is 1. The molecule has 1 heterocycles. The molecule has 5 nitrogen and oxygen atoms in total. The Morgan fingerprint density at radius 3 is 2.68 bits per heavy atom. The van der Waals surface area contributed by atoms with Gasteiger partial charge in [0.25, 0.3) is 0 Å². The van der Waals surface area contributed by atoms with Crippen molar-refractivity contribution in [3.63, 3.8) is 0 Å². The molecule has 3 atom stereocenters. The summed E-state index contributed by atoms with van der Waals surface area (Å²) in [5.74, 6) is 1.19. The number of fused-ring (bicyclic) bond motifs is 3. The Morgan fingerprint density at radius 1 is 1.26 bits per heavy atom. The van der Waals surface area contributed by atoms with E-state index < -0.39 is 5.60 Å². The Hall–Kier alpha value is -2.01. The molecule has 1 amide bonds. The Morgan fingerprint density at radius 2 is 2.00 bits per heavy atom. The number of aliphatic hydroxyl groups excluding tert-OH is 1. The summed E-state index contributed by atoms with van der Waals surface area (Å²) in [5.41, 5.74) is 2.27. The molecule has 0 fully saturated rings. The van der Waals surface area contributed by atoms with Crippen molar-refractivity contribution < 1.29 is 19.7 Å². The minimum absolute atomic E-state index is 0.0272. The highest BCUT2D eigenvalue weighted by molar-refractivity contribution is 5.94. The summed E-state index contributed by atoms with van der Waals surface area (Å²) in [6.07, 6.45) is 9.84. The van der Waals surface area contributed by atoms with E-state index in [-0.39, 0.29) is 41.6 Å². The van der Waals surface area contributed by atoms with Crippen LogP contribution in [0.3, 0.4) is 0 Å². The van der Waals surface area contributed by atoms with Crippen molar-refractivity contribution >= 4 is 5.91 Å². The second-order valence-electron chi connectivity index (χ2n) is 11.6. The predicted molar refractivity (Wildman–Crippen MR) is 137 cm³/mol. The van der Waals surface area contributed by atoms with Crippen molar-refractivity contribution in [2.75, 3.05) is 6.61 Å². The van der Waals surface area contributed by atoms with E-state index in [2.05, 4.69) is 46.0 Å². The van der Waals surface area contributed by atoms with Crippen molar-refractivity contribution in [2.24, 2.45) is 5.92 Å². The van der Waals surface area contributed by atoms with Crippen molar-refractivity contribution in [2.45, 2.75) is 116 Å². The first-order chi connectivity index (χ1) is 16.0. The Kier molecular flexibility index (Phi) is 8.38. The summed E-state index contributed by atoms with van der Waals surface area (Å²) in [4.78, 5) is 12.9. The molecule has 3 rings (SSSR count). The molecule has 0 aromatic heterocycles. The van der Waals surface area contributed by atoms with Crippen LogP contribution in [-0.2, 0) is 10.2 Å². The van der Waals surface area contributed by atoms with Gasteiger partial charge < -0.3 is 20.3 Å².